The number of nitrogens with two attached hydrogens (primary N) is 1. The van der Waals surface area contributed by atoms with Crippen molar-refractivity contribution in [3.63, 3.8) is 0 Å². The van der Waals surface area contributed by atoms with E-state index in [-0.39, 0.29) is 13.2 Å². The monoisotopic (exact) mass is 542 g/mol. The van der Waals surface area contributed by atoms with E-state index in [1.807, 2.05) is 18.3 Å². The second-order valence-electron chi connectivity index (χ2n) is 9.19. The Kier molecular flexibility index (Phi) is 8.59. The molecule has 2 saturated heterocycles. The van der Waals surface area contributed by atoms with Crippen LogP contribution in [0, 0.1) is 0 Å². The number of rotatable bonds is 9. The molecule has 1 aromatic rings. The number of benzene rings is 1. The molecule has 0 aliphatic carbocycles. The highest BCUT2D eigenvalue weighted by Gasteiger charge is 2.44. The van der Waals surface area contributed by atoms with Crippen molar-refractivity contribution >= 4 is 25.3 Å². The summed E-state index contributed by atoms with van der Waals surface area (Å²) in [7, 11) is -2.33. The molecule has 0 radical (unpaired) electrons. The van der Waals surface area contributed by atoms with Gasteiger partial charge in [-0.25, -0.2) is 4.57 Å². The minimum atomic E-state index is -3.87. The molecule has 0 spiro atoms. The van der Waals surface area contributed by atoms with Gasteiger partial charge in [-0.05, 0) is 38.0 Å². The highest BCUT2D eigenvalue weighted by atomic mass is 35.5. The van der Waals surface area contributed by atoms with Gasteiger partial charge in [-0.3, -0.25) is 18.4 Å². The Morgan fingerprint density at radius 2 is 2.17 bits per heavy atom. The normalized spacial score (nSPS) is 30.9. The highest BCUT2D eigenvalue weighted by Crippen LogP contribution is 2.57. The number of methoxy groups -OCH3 is 1. The number of primary amides is 1. The predicted octanol–water partition coefficient (Wildman–Crippen LogP) is 4.41. The number of nitrogens with zero attached hydrogens (tertiary/aromatic N) is 1. The SMILES string of the molecule is COC(C)(C)O[C@H]1C[C@H](N2C=CCC(C(N)=O)=C2)OC1COP1(=O)OCCC(c2cccc(Cl)c2)O1. The summed E-state index contributed by atoms with van der Waals surface area (Å²) in [5, 5.41) is 0.560. The van der Waals surface area contributed by atoms with Gasteiger partial charge in [0.2, 0.25) is 5.91 Å². The van der Waals surface area contributed by atoms with Crippen molar-refractivity contribution in [1.29, 1.82) is 0 Å². The van der Waals surface area contributed by atoms with E-state index in [1.165, 1.54) is 0 Å². The van der Waals surface area contributed by atoms with Crippen molar-refractivity contribution in [3.8, 4) is 0 Å². The molecule has 2 N–H and O–H groups in total. The molecule has 1 aromatic carbocycles. The van der Waals surface area contributed by atoms with Gasteiger partial charge in [-0.15, -0.1) is 0 Å². The summed E-state index contributed by atoms with van der Waals surface area (Å²) in [6.07, 6.45) is 4.70. The van der Waals surface area contributed by atoms with E-state index < -0.39 is 44.1 Å². The molecule has 198 valence electrons. The number of carbonyl (C=O) groups excluding carboxylic acids is 1. The zero-order valence-corrected chi connectivity index (χ0v) is 22.2. The molecule has 2 fully saturated rings. The zero-order valence-electron chi connectivity index (χ0n) is 20.5. The van der Waals surface area contributed by atoms with Crippen molar-refractivity contribution in [2.24, 2.45) is 5.73 Å². The second-order valence-corrected chi connectivity index (χ2v) is 11.3. The molecule has 3 unspecified atom stereocenters. The fraction of sp³-hybridized carbons (Fsp3) is 0.542. The Hall–Kier alpha value is -1.75. The minimum Gasteiger partial charge on any atom is -0.366 e. The van der Waals surface area contributed by atoms with Crippen LogP contribution in [0.1, 0.15) is 44.8 Å². The van der Waals surface area contributed by atoms with Crippen LogP contribution in [0.3, 0.4) is 0 Å². The molecule has 36 heavy (non-hydrogen) atoms. The van der Waals surface area contributed by atoms with E-state index >= 15 is 0 Å². The number of ether oxygens (including phenoxy) is 3. The van der Waals surface area contributed by atoms with E-state index in [0.29, 0.717) is 29.9 Å². The Morgan fingerprint density at radius 3 is 2.89 bits per heavy atom. The average Bonchev–Trinajstić information content (AvgIpc) is 3.25. The number of amides is 1. The van der Waals surface area contributed by atoms with Crippen molar-refractivity contribution < 1.29 is 37.1 Å². The zero-order chi connectivity index (χ0) is 25.9. The van der Waals surface area contributed by atoms with Gasteiger partial charge < -0.3 is 24.8 Å². The van der Waals surface area contributed by atoms with Crippen LogP contribution in [-0.4, -0.2) is 55.4 Å². The number of phosphoric ester groups is 1. The first-order valence-corrected chi connectivity index (χ1v) is 13.6. The first kappa shape index (κ1) is 27.3. The summed E-state index contributed by atoms with van der Waals surface area (Å²) in [5.41, 5.74) is 6.72. The molecule has 3 aliphatic rings. The molecule has 3 aliphatic heterocycles. The van der Waals surface area contributed by atoms with Crippen LogP contribution in [0.4, 0.5) is 0 Å². The van der Waals surface area contributed by atoms with E-state index in [0.717, 1.165) is 5.56 Å². The van der Waals surface area contributed by atoms with Crippen LogP contribution in [0.2, 0.25) is 5.02 Å². The molecule has 0 aromatic heterocycles. The van der Waals surface area contributed by atoms with Gasteiger partial charge in [0.25, 0.3) is 0 Å². The van der Waals surface area contributed by atoms with Gasteiger partial charge >= 0.3 is 7.82 Å². The van der Waals surface area contributed by atoms with Crippen LogP contribution in [-0.2, 0) is 37.1 Å². The molecule has 3 heterocycles. The summed E-state index contributed by atoms with van der Waals surface area (Å²) >= 11 is 6.10. The minimum absolute atomic E-state index is 0.107. The topological polar surface area (TPSA) is 119 Å². The maximum atomic E-state index is 13.3. The number of carbonyl (C=O) groups is 1. The van der Waals surface area contributed by atoms with Gasteiger partial charge in [0.05, 0.1) is 25.4 Å². The van der Waals surface area contributed by atoms with Gasteiger partial charge in [-0.1, -0.05) is 29.8 Å². The fourth-order valence-corrected chi connectivity index (χ4v) is 5.76. The summed E-state index contributed by atoms with van der Waals surface area (Å²) in [6, 6.07) is 7.19. The molecule has 1 amide bonds. The Morgan fingerprint density at radius 1 is 1.36 bits per heavy atom. The largest absolute Gasteiger partial charge is 0.475 e. The lowest BCUT2D eigenvalue weighted by Crippen LogP contribution is -2.38. The first-order chi connectivity index (χ1) is 17.1. The Labute approximate surface area is 215 Å². The van der Waals surface area contributed by atoms with Gasteiger partial charge in [0.1, 0.15) is 12.3 Å². The lowest BCUT2D eigenvalue weighted by molar-refractivity contribution is -0.232. The summed E-state index contributed by atoms with van der Waals surface area (Å²) in [4.78, 5) is 13.4. The fourth-order valence-electron chi connectivity index (χ4n) is 4.17. The van der Waals surface area contributed by atoms with Crippen molar-refractivity contribution in [2.75, 3.05) is 20.3 Å². The van der Waals surface area contributed by atoms with Crippen LogP contribution in [0.5, 0.6) is 0 Å². The third-order valence-electron chi connectivity index (χ3n) is 6.18. The lowest BCUT2D eigenvalue weighted by atomic mass is 10.1. The Bertz CT molecular complexity index is 1060. The molecule has 12 heteroatoms. The third kappa shape index (κ3) is 6.76. The standard InChI is InChI=1S/C24H32ClN2O8P/c1-24(2,30-3)34-20-13-22(27-10-5-7-17(14-27)23(26)28)33-21(20)15-32-36(29)31-11-9-19(35-36)16-6-4-8-18(25)12-16/h4-6,8,10,12,14,19-22H,7,9,11,13,15H2,1-3H3,(H2,26,28)/t19?,20-,21?,22+,36?/m0/s1. The number of halogens is 1. The average molecular weight is 543 g/mol. The van der Waals surface area contributed by atoms with Crippen molar-refractivity contribution in [1.82, 2.24) is 4.90 Å². The molecular weight excluding hydrogens is 511 g/mol. The van der Waals surface area contributed by atoms with E-state index in [4.69, 9.17) is 45.1 Å². The molecule has 0 bridgehead atoms. The van der Waals surface area contributed by atoms with E-state index in [1.54, 1.807) is 50.3 Å². The van der Waals surface area contributed by atoms with Crippen LogP contribution in [0.25, 0.3) is 0 Å². The van der Waals surface area contributed by atoms with Crippen molar-refractivity contribution in [3.05, 3.63) is 58.9 Å². The summed E-state index contributed by atoms with van der Waals surface area (Å²) in [6.45, 7) is 3.67. The molecule has 10 nitrogen and oxygen atoms in total. The first-order valence-electron chi connectivity index (χ1n) is 11.7. The van der Waals surface area contributed by atoms with E-state index in [9.17, 15) is 9.36 Å². The smallest absolute Gasteiger partial charge is 0.366 e. The molecular formula is C24H32ClN2O8P. The van der Waals surface area contributed by atoms with Crippen LogP contribution >= 0.6 is 19.4 Å². The van der Waals surface area contributed by atoms with E-state index in [2.05, 4.69) is 0 Å². The predicted molar refractivity (Wildman–Crippen MR) is 132 cm³/mol. The summed E-state index contributed by atoms with van der Waals surface area (Å²) < 4.78 is 48.0. The highest BCUT2D eigenvalue weighted by molar-refractivity contribution is 7.48. The molecule has 0 saturated carbocycles. The number of phosphoric acid groups is 1. The number of hydrogen-bond donors (Lipinski definition) is 1. The molecule has 5 atom stereocenters. The number of hydrogen-bond acceptors (Lipinski definition) is 9. The second kappa shape index (κ2) is 11.3. The van der Waals surface area contributed by atoms with Gasteiger partial charge in [0, 0.05) is 42.9 Å². The van der Waals surface area contributed by atoms with Gasteiger partial charge in [-0.2, -0.15) is 0 Å². The quantitative estimate of drug-likeness (QED) is 0.357. The lowest BCUT2D eigenvalue weighted by Gasteiger charge is -2.32. The van der Waals surface area contributed by atoms with Crippen LogP contribution < -0.4 is 5.73 Å². The van der Waals surface area contributed by atoms with Gasteiger partial charge in [0.15, 0.2) is 5.79 Å². The molecule has 4 rings (SSSR count). The van der Waals surface area contributed by atoms with Crippen molar-refractivity contribution in [2.45, 2.75) is 63.4 Å². The maximum Gasteiger partial charge on any atom is 0.475 e. The Balaban J connectivity index is 1.45. The third-order valence-corrected chi connectivity index (χ3v) is 7.89. The maximum absolute atomic E-state index is 13.3. The van der Waals surface area contributed by atoms with Crippen LogP contribution in [0.15, 0.2) is 48.3 Å². The summed E-state index contributed by atoms with van der Waals surface area (Å²) in [5.74, 6) is -1.39. The number of allylic oxidation sites excluding steroid dienone is 1.